The maximum atomic E-state index is 11.5. The van der Waals surface area contributed by atoms with Crippen LogP contribution in [0.1, 0.15) is 20.8 Å². The number of esters is 3. The number of carbonyl (C=O) groups excluding carboxylic acids is 3. The van der Waals surface area contributed by atoms with E-state index in [9.17, 15) is 19.5 Å². The number of carbonyl (C=O) groups is 3. The normalized spacial score (nSPS) is 12.0. The van der Waals surface area contributed by atoms with Crippen molar-refractivity contribution in [1.29, 1.82) is 0 Å². The molecule has 1 N–H and O–H groups in total. The van der Waals surface area contributed by atoms with Crippen LogP contribution < -0.4 is 0 Å². The fourth-order valence-corrected chi connectivity index (χ4v) is 1.49. The van der Waals surface area contributed by atoms with Crippen molar-refractivity contribution in [2.45, 2.75) is 20.8 Å². The van der Waals surface area contributed by atoms with E-state index in [1.54, 1.807) is 20.8 Å². The van der Waals surface area contributed by atoms with E-state index < -0.39 is 29.9 Å². The van der Waals surface area contributed by atoms with Gasteiger partial charge in [0.15, 0.2) is 0 Å². The van der Waals surface area contributed by atoms with Crippen molar-refractivity contribution in [2.75, 3.05) is 26.4 Å². The number of rotatable bonds is 10. The molecule has 0 saturated carbocycles. The second-order valence-corrected chi connectivity index (χ2v) is 4.98. The molecule has 0 atom stereocenters. The molecule has 0 bridgehead atoms. The average Bonchev–Trinajstić information content (AvgIpc) is 2.55. The summed E-state index contributed by atoms with van der Waals surface area (Å²) in [6.07, 6.45) is 8.13. The molecule has 0 aliphatic carbocycles. The third-order valence-corrected chi connectivity index (χ3v) is 2.81. The molecule has 134 valence electrons. The zero-order valence-corrected chi connectivity index (χ0v) is 14.2. The third-order valence-electron chi connectivity index (χ3n) is 2.81. The van der Waals surface area contributed by atoms with Crippen LogP contribution in [0.15, 0.2) is 36.5 Å². The Morgan fingerprint density at radius 1 is 0.750 bits per heavy atom. The molecule has 7 nitrogen and oxygen atoms in total. The first kappa shape index (κ1) is 21.6. The molecule has 0 aromatic heterocycles. The molecular weight excluding hydrogens is 316 g/mol. The van der Waals surface area contributed by atoms with E-state index in [0.717, 1.165) is 0 Å². The number of allylic oxidation sites excluding steroid dienone is 3. The predicted octanol–water partition coefficient (Wildman–Crippen LogP) is 1.32. The van der Waals surface area contributed by atoms with Gasteiger partial charge in [0.2, 0.25) is 0 Å². The highest BCUT2D eigenvalue weighted by Gasteiger charge is 2.35. The Hall–Kier alpha value is -2.41. The number of aliphatic hydroxyl groups excluding tert-OH is 1. The van der Waals surface area contributed by atoms with Gasteiger partial charge in [0.25, 0.3) is 0 Å². The molecule has 0 unspecified atom stereocenters. The molecule has 0 aromatic carbocycles. The van der Waals surface area contributed by atoms with Crippen molar-refractivity contribution < 1.29 is 33.7 Å². The van der Waals surface area contributed by atoms with E-state index in [2.05, 4.69) is 0 Å². The monoisotopic (exact) mass is 340 g/mol. The summed E-state index contributed by atoms with van der Waals surface area (Å²) in [5.41, 5.74) is -1.24. The largest absolute Gasteiger partial charge is 0.462 e. The van der Waals surface area contributed by atoms with Crippen LogP contribution in [0.3, 0.4) is 0 Å². The molecular formula is C17H24O7. The van der Waals surface area contributed by atoms with Gasteiger partial charge in [-0.05, 0) is 20.8 Å². The van der Waals surface area contributed by atoms with Gasteiger partial charge in [-0.15, -0.1) is 0 Å². The first-order chi connectivity index (χ1) is 11.4. The zero-order valence-electron chi connectivity index (χ0n) is 14.2. The molecule has 0 saturated heterocycles. The average molecular weight is 340 g/mol. The lowest BCUT2D eigenvalue weighted by molar-refractivity contribution is -0.159. The lowest BCUT2D eigenvalue weighted by atomic mass is 9.92. The summed E-state index contributed by atoms with van der Waals surface area (Å²) in [6, 6.07) is 0. The van der Waals surface area contributed by atoms with Crippen LogP contribution >= 0.6 is 0 Å². The van der Waals surface area contributed by atoms with Crippen LogP contribution in [0.5, 0.6) is 0 Å². The lowest BCUT2D eigenvalue weighted by Gasteiger charge is -2.29. The second-order valence-electron chi connectivity index (χ2n) is 4.98. The summed E-state index contributed by atoms with van der Waals surface area (Å²) in [7, 11) is 0. The van der Waals surface area contributed by atoms with Gasteiger partial charge in [-0.3, -0.25) is 0 Å². The van der Waals surface area contributed by atoms with Gasteiger partial charge in [0, 0.05) is 18.2 Å². The predicted molar refractivity (Wildman–Crippen MR) is 86.8 cm³/mol. The number of hydrogen-bond donors (Lipinski definition) is 1. The van der Waals surface area contributed by atoms with Gasteiger partial charge >= 0.3 is 17.9 Å². The van der Waals surface area contributed by atoms with E-state index in [1.165, 1.54) is 36.5 Å². The SMILES string of the molecule is C/C=C\C(=O)OCC(CO)(COC(=O)/C=C\C)COC(=O)/C=C\C. The standard InChI is InChI=1S/C17H24O7/c1-4-7-14(19)22-11-17(10-18,12-23-15(20)8-5-2)13-24-16(21)9-6-3/h4-9,18H,10-13H2,1-3H3/b7-4-,8-5-,9-6-. The number of hydrogen-bond acceptors (Lipinski definition) is 7. The molecule has 0 radical (unpaired) electrons. The van der Waals surface area contributed by atoms with Gasteiger partial charge in [-0.25, -0.2) is 14.4 Å². The van der Waals surface area contributed by atoms with Crippen molar-refractivity contribution in [1.82, 2.24) is 0 Å². The molecule has 0 fully saturated rings. The van der Waals surface area contributed by atoms with E-state index in [-0.39, 0.29) is 19.8 Å². The first-order valence-corrected chi connectivity index (χ1v) is 7.42. The van der Waals surface area contributed by atoms with Crippen LogP contribution in [0.2, 0.25) is 0 Å². The van der Waals surface area contributed by atoms with Gasteiger partial charge < -0.3 is 19.3 Å². The number of ether oxygens (including phenoxy) is 3. The Bertz CT molecular complexity index is 434. The summed E-state index contributed by atoms with van der Waals surface area (Å²) in [5, 5.41) is 9.68. The van der Waals surface area contributed by atoms with Gasteiger partial charge in [-0.2, -0.15) is 0 Å². The first-order valence-electron chi connectivity index (χ1n) is 7.42. The fourth-order valence-electron chi connectivity index (χ4n) is 1.49. The minimum atomic E-state index is -1.24. The summed E-state index contributed by atoms with van der Waals surface area (Å²) >= 11 is 0. The van der Waals surface area contributed by atoms with Gasteiger partial charge in [0.1, 0.15) is 19.8 Å². The lowest BCUT2D eigenvalue weighted by Crippen LogP contribution is -2.42. The summed E-state index contributed by atoms with van der Waals surface area (Å²) in [6.45, 7) is 3.61. The molecule has 0 spiro atoms. The third kappa shape index (κ3) is 8.89. The molecule has 24 heavy (non-hydrogen) atoms. The highest BCUT2D eigenvalue weighted by atomic mass is 16.6. The Balaban J connectivity index is 5.00. The quantitative estimate of drug-likeness (QED) is 0.364. The summed E-state index contributed by atoms with van der Waals surface area (Å²) < 4.78 is 15.1. The minimum absolute atomic E-state index is 0.279. The van der Waals surface area contributed by atoms with Crippen molar-refractivity contribution in [3.63, 3.8) is 0 Å². The highest BCUT2D eigenvalue weighted by molar-refractivity contribution is 5.82. The van der Waals surface area contributed by atoms with Crippen molar-refractivity contribution in [3.8, 4) is 0 Å². The Morgan fingerprint density at radius 3 is 1.25 bits per heavy atom. The highest BCUT2D eigenvalue weighted by Crippen LogP contribution is 2.19. The maximum Gasteiger partial charge on any atom is 0.330 e. The van der Waals surface area contributed by atoms with Crippen LogP contribution in [-0.2, 0) is 28.6 Å². The van der Waals surface area contributed by atoms with Crippen molar-refractivity contribution >= 4 is 17.9 Å². The van der Waals surface area contributed by atoms with Gasteiger partial charge in [-0.1, -0.05) is 18.2 Å². The zero-order chi connectivity index (χ0) is 18.4. The van der Waals surface area contributed by atoms with Crippen molar-refractivity contribution in [2.24, 2.45) is 5.41 Å². The molecule has 0 amide bonds. The Morgan fingerprint density at radius 2 is 1.04 bits per heavy atom. The van der Waals surface area contributed by atoms with E-state index in [0.29, 0.717) is 0 Å². The molecule has 7 heteroatoms. The van der Waals surface area contributed by atoms with Crippen molar-refractivity contribution in [3.05, 3.63) is 36.5 Å². The maximum absolute atomic E-state index is 11.5. The second kappa shape index (κ2) is 12.1. The van der Waals surface area contributed by atoms with Crippen LogP contribution in [0, 0.1) is 5.41 Å². The van der Waals surface area contributed by atoms with E-state index in [4.69, 9.17) is 14.2 Å². The molecule has 0 aromatic rings. The molecule has 0 aliphatic rings. The molecule has 0 aliphatic heterocycles. The van der Waals surface area contributed by atoms with Crippen LogP contribution in [0.25, 0.3) is 0 Å². The minimum Gasteiger partial charge on any atom is -0.462 e. The topological polar surface area (TPSA) is 99.1 Å². The Kier molecular flexibility index (Phi) is 10.9. The molecule has 0 heterocycles. The fraction of sp³-hybridized carbons (Fsp3) is 0.471. The summed E-state index contributed by atoms with van der Waals surface area (Å²) in [5.74, 6) is -1.85. The smallest absolute Gasteiger partial charge is 0.330 e. The molecule has 0 rings (SSSR count). The van der Waals surface area contributed by atoms with Crippen LogP contribution in [0.4, 0.5) is 0 Å². The number of aliphatic hydroxyl groups is 1. The Labute approximate surface area is 141 Å². The summed E-state index contributed by atoms with van der Waals surface area (Å²) in [4.78, 5) is 34.4. The van der Waals surface area contributed by atoms with E-state index in [1.807, 2.05) is 0 Å². The van der Waals surface area contributed by atoms with E-state index >= 15 is 0 Å². The van der Waals surface area contributed by atoms with Gasteiger partial charge in [0.05, 0.1) is 12.0 Å². The van der Waals surface area contributed by atoms with Crippen LogP contribution in [-0.4, -0.2) is 49.4 Å².